The highest BCUT2D eigenvalue weighted by molar-refractivity contribution is 5.47. The van der Waals surface area contributed by atoms with Gasteiger partial charge in [0.25, 0.3) is 0 Å². The van der Waals surface area contributed by atoms with Gasteiger partial charge in [0.05, 0.1) is 0 Å². The third-order valence-electron chi connectivity index (χ3n) is 3.23. The minimum Gasteiger partial charge on any atom is -0.399 e. The number of hydrogen-bond donors (Lipinski definition) is 1. The van der Waals surface area contributed by atoms with Gasteiger partial charge in [-0.1, -0.05) is 25.5 Å². The van der Waals surface area contributed by atoms with Gasteiger partial charge < -0.3 is 5.73 Å². The van der Waals surface area contributed by atoms with Crippen LogP contribution in [0.5, 0.6) is 0 Å². The van der Waals surface area contributed by atoms with Crippen LogP contribution < -0.4 is 5.73 Å². The Morgan fingerprint density at radius 1 is 1.38 bits per heavy atom. The highest BCUT2D eigenvalue weighted by atomic mass is 15.1. The number of aryl methyl sites for hydroxylation is 1. The number of nitrogens with zero attached hydrogens (tertiary/aromatic N) is 1. The highest BCUT2D eigenvalue weighted by Crippen LogP contribution is 2.15. The molecule has 1 atom stereocenters. The van der Waals surface area contributed by atoms with E-state index in [0.29, 0.717) is 6.04 Å². The van der Waals surface area contributed by atoms with E-state index in [-0.39, 0.29) is 0 Å². The molecule has 2 heteroatoms. The van der Waals surface area contributed by atoms with Gasteiger partial charge in [-0.25, -0.2) is 0 Å². The Bertz CT molecular complexity index is 334. The first-order valence-electron chi connectivity index (χ1n) is 6.09. The third kappa shape index (κ3) is 3.53. The lowest BCUT2D eigenvalue weighted by molar-refractivity contribution is 0.237. The summed E-state index contributed by atoms with van der Waals surface area (Å²) in [6.07, 6.45) is 2.50. The zero-order chi connectivity index (χ0) is 12.1. The second-order valence-electron chi connectivity index (χ2n) is 4.74. The fraction of sp³-hybridized carbons (Fsp3) is 0.571. The van der Waals surface area contributed by atoms with Crippen molar-refractivity contribution >= 4 is 5.69 Å². The molecule has 16 heavy (non-hydrogen) atoms. The number of anilines is 1. The van der Waals surface area contributed by atoms with Crippen molar-refractivity contribution in [3.8, 4) is 0 Å². The summed E-state index contributed by atoms with van der Waals surface area (Å²) in [7, 11) is 2.19. The van der Waals surface area contributed by atoms with E-state index < -0.39 is 0 Å². The van der Waals surface area contributed by atoms with Crippen molar-refractivity contribution in [3.05, 3.63) is 29.3 Å². The number of hydrogen-bond acceptors (Lipinski definition) is 2. The van der Waals surface area contributed by atoms with Crippen LogP contribution in [0, 0.1) is 6.92 Å². The Kier molecular flexibility index (Phi) is 4.81. The first kappa shape index (κ1) is 13.0. The van der Waals surface area contributed by atoms with Gasteiger partial charge in [-0.15, -0.1) is 0 Å². The summed E-state index contributed by atoms with van der Waals surface area (Å²) in [6, 6.07) is 6.95. The molecule has 0 aliphatic rings. The van der Waals surface area contributed by atoms with Crippen LogP contribution in [0.25, 0.3) is 0 Å². The molecule has 0 aromatic heterocycles. The minimum absolute atomic E-state index is 0.642. The van der Waals surface area contributed by atoms with E-state index in [1.807, 2.05) is 6.07 Å². The molecule has 1 rings (SSSR count). The van der Waals surface area contributed by atoms with E-state index in [1.165, 1.54) is 24.0 Å². The van der Waals surface area contributed by atoms with Crippen molar-refractivity contribution in [1.82, 2.24) is 4.90 Å². The Hall–Kier alpha value is -1.02. The monoisotopic (exact) mass is 220 g/mol. The average molecular weight is 220 g/mol. The maximum atomic E-state index is 5.81. The molecule has 0 heterocycles. The largest absolute Gasteiger partial charge is 0.399 e. The summed E-state index contributed by atoms with van der Waals surface area (Å²) in [5.74, 6) is 0. The first-order chi connectivity index (χ1) is 7.54. The average Bonchev–Trinajstić information content (AvgIpc) is 2.24. The lowest BCUT2D eigenvalue weighted by atomic mass is 10.1. The summed E-state index contributed by atoms with van der Waals surface area (Å²) in [6.45, 7) is 7.59. The normalized spacial score (nSPS) is 13.1. The Labute approximate surface area is 99.5 Å². The smallest absolute Gasteiger partial charge is 0.0343 e. The van der Waals surface area contributed by atoms with Crippen LogP contribution in [-0.2, 0) is 6.54 Å². The lowest BCUT2D eigenvalue weighted by Gasteiger charge is -2.24. The van der Waals surface area contributed by atoms with E-state index >= 15 is 0 Å². The topological polar surface area (TPSA) is 29.3 Å². The van der Waals surface area contributed by atoms with Gasteiger partial charge in [0.2, 0.25) is 0 Å². The quantitative estimate of drug-likeness (QED) is 0.772. The molecule has 0 aliphatic carbocycles. The van der Waals surface area contributed by atoms with Gasteiger partial charge in [-0.05, 0) is 44.5 Å². The molecule has 0 radical (unpaired) electrons. The minimum atomic E-state index is 0.642. The molecule has 1 unspecified atom stereocenters. The van der Waals surface area contributed by atoms with Gasteiger partial charge >= 0.3 is 0 Å². The molecule has 0 amide bonds. The van der Waals surface area contributed by atoms with Gasteiger partial charge in [0, 0.05) is 18.3 Å². The van der Waals surface area contributed by atoms with Gasteiger partial charge in [-0.3, -0.25) is 4.90 Å². The van der Waals surface area contributed by atoms with E-state index in [4.69, 9.17) is 5.73 Å². The molecular formula is C14H24N2. The maximum Gasteiger partial charge on any atom is 0.0343 e. The zero-order valence-electron chi connectivity index (χ0n) is 11.0. The second kappa shape index (κ2) is 5.90. The predicted molar refractivity (Wildman–Crippen MR) is 71.4 cm³/mol. The highest BCUT2D eigenvalue weighted by Gasteiger charge is 2.08. The molecule has 0 fully saturated rings. The second-order valence-corrected chi connectivity index (χ2v) is 4.74. The first-order valence-corrected chi connectivity index (χ1v) is 6.09. The standard InChI is InChI=1S/C14H24N2/c1-5-6-12(3)16(4)10-13-7-8-14(15)11(2)9-13/h7-9,12H,5-6,10,15H2,1-4H3. The number of nitrogens with two attached hydrogens (primary N) is 1. The van der Waals surface area contributed by atoms with Crippen LogP contribution >= 0.6 is 0 Å². The van der Waals surface area contributed by atoms with Crippen LogP contribution in [0.2, 0.25) is 0 Å². The van der Waals surface area contributed by atoms with Crippen LogP contribution in [0.15, 0.2) is 18.2 Å². The van der Waals surface area contributed by atoms with Crippen molar-refractivity contribution in [2.24, 2.45) is 0 Å². The summed E-state index contributed by atoms with van der Waals surface area (Å²) in [5, 5.41) is 0. The molecule has 0 saturated carbocycles. The van der Waals surface area contributed by atoms with E-state index in [9.17, 15) is 0 Å². The van der Waals surface area contributed by atoms with Crippen LogP contribution in [0.4, 0.5) is 5.69 Å². The molecule has 0 saturated heterocycles. The van der Waals surface area contributed by atoms with Crippen molar-refractivity contribution in [2.75, 3.05) is 12.8 Å². The summed E-state index contributed by atoms with van der Waals surface area (Å²) in [4.78, 5) is 2.40. The van der Waals surface area contributed by atoms with E-state index in [1.54, 1.807) is 0 Å². The predicted octanol–water partition coefficient (Wildman–Crippen LogP) is 3.20. The van der Waals surface area contributed by atoms with E-state index in [0.717, 1.165) is 12.2 Å². The lowest BCUT2D eigenvalue weighted by Crippen LogP contribution is -2.28. The number of rotatable bonds is 5. The van der Waals surface area contributed by atoms with Crippen molar-refractivity contribution in [2.45, 2.75) is 46.2 Å². The van der Waals surface area contributed by atoms with Crippen LogP contribution in [0.3, 0.4) is 0 Å². The Morgan fingerprint density at radius 3 is 2.62 bits per heavy atom. The Morgan fingerprint density at radius 2 is 2.06 bits per heavy atom. The summed E-state index contributed by atoms with van der Waals surface area (Å²) in [5.41, 5.74) is 9.22. The fourth-order valence-corrected chi connectivity index (χ4v) is 1.92. The molecule has 0 spiro atoms. The third-order valence-corrected chi connectivity index (χ3v) is 3.23. The molecule has 2 nitrogen and oxygen atoms in total. The molecular weight excluding hydrogens is 196 g/mol. The summed E-state index contributed by atoms with van der Waals surface area (Å²) < 4.78 is 0. The van der Waals surface area contributed by atoms with Gasteiger partial charge in [0.1, 0.15) is 0 Å². The molecule has 1 aromatic rings. The fourth-order valence-electron chi connectivity index (χ4n) is 1.92. The Balaban J connectivity index is 2.62. The molecule has 0 bridgehead atoms. The van der Waals surface area contributed by atoms with Crippen molar-refractivity contribution in [3.63, 3.8) is 0 Å². The molecule has 1 aromatic carbocycles. The van der Waals surface area contributed by atoms with Crippen molar-refractivity contribution in [1.29, 1.82) is 0 Å². The number of nitrogen functional groups attached to an aromatic ring is 1. The van der Waals surface area contributed by atoms with Gasteiger partial charge in [-0.2, -0.15) is 0 Å². The molecule has 90 valence electrons. The zero-order valence-corrected chi connectivity index (χ0v) is 11.0. The summed E-state index contributed by atoms with van der Waals surface area (Å²) >= 11 is 0. The van der Waals surface area contributed by atoms with Gasteiger partial charge in [0.15, 0.2) is 0 Å². The maximum absolute atomic E-state index is 5.81. The van der Waals surface area contributed by atoms with Crippen molar-refractivity contribution < 1.29 is 0 Å². The number of benzene rings is 1. The SMILES string of the molecule is CCCC(C)N(C)Cc1ccc(N)c(C)c1. The molecule has 0 aliphatic heterocycles. The van der Waals surface area contributed by atoms with Crippen LogP contribution in [-0.4, -0.2) is 18.0 Å². The van der Waals surface area contributed by atoms with Crippen LogP contribution in [0.1, 0.15) is 37.8 Å². The molecule has 2 N–H and O–H groups in total. The van der Waals surface area contributed by atoms with E-state index in [2.05, 4.69) is 44.9 Å².